The summed E-state index contributed by atoms with van der Waals surface area (Å²) in [6, 6.07) is 6.99. The van der Waals surface area contributed by atoms with Crippen LogP contribution in [0.25, 0.3) is 0 Å². The minimum absolute atomic E-state index is 0.0712. The lowest BCUT2D eigenvalue weighted by Crippen LogP contribution is -2.58. The van der Waals surface area contributed by atoms with Crippen LogP contribution in [0.15, 0.2) is 42.7 Å². The first-order valence-electron chi connectivity index (χ1n) is 12.1. The van der Waals surface area contributed by atoms with Crippen LogP contribution in [0, 0.1) is 17.6 Å². The van der Waals surface area contributed by atoms with E-state index in [0.29, 0.717) is 13.1 Å². The molecule has 2 aromatic heterocycles. The van der Waals surface area contributed by atoms with E-state index in [1.807, 2.05) is 0 Å². The second-order valence-corrected chi connectivity index (χ2v) is 10.4. The molecule has 196 valence electrons. The summed E-state index contributed by atoms with van der Waals surface area (Å²) in [4.78, 5) is 41.3. The van der Waals surface area contributed by atoms with Crippen LogP contribution in [0.4, 0.5) is 24.9 Å². The molecule has 6 rings (SSSR count). The van der Waals surface area contributed by atoms with Crippen molar-refractivity contribution in [2.75, 3.05) is 29.9 Å². The third kappa shape index (κ3) is 3.96. The lowest BCUT2D eigenvalue weighted by molar-refractivity contribution is -0.136. The molecule has 2 aliphatic heterocycles. The molecule has 1 aliphatic carbocycles. The van der Waals surface area contributed by atoms with Crippen LogP contribution < -0.4 is 10.2 Å². The van der Waals surface area contributed by atoms with Crippen molar-refractivity contribution in [3.63, 3.8) is 0 Å². The monoisotopic (exact) mass is 542 g/mol. The number of aromatic nitrogens is 3. The number of alkyl halides is 1. The Morgan fingerprint density at radius 1 is 1.18 bits per heavy atom. The number of nitrogens with one attached hydrogen (secondary N) is 1. The van der Waals surface area contributed by atoms with Crippen LogP contribution in [0.5, 0.6) is 0 Å². The first kappa shape index (κ1) is 24.6. The molecule has 2 amide bonds. The molecule has 1 N–H and O–H groups in total. The summed E-state index contributed by atoms with van der Waals surface area (Å²) >= 11 is 6.10. The smallest absolute Gasteiger partial charge is 0.263 e. The Labute approximate surface area is 220 Å². The number of amides is 2. The number of carbonyl (C=O) groups excluding carboxylic acids is 2. The fourth-order valence-electron chi connectivity index (χ4n) is 5.11. The molecule has 3 aromatic rings. The maximum atomic E-state index is 15.4. The summed E-state index contributed by atoms with van der Waals surface area (Å²) in [7, 11) is 0. The summed E-state index contributed by atoms with van der Waals surface area (Å²) in [5.74, 6) is -2.69. The third-order valence-electron chi connectivity index (χ3n) is 7.36. The SMILES string of the molecule is C[C@]1(c2cccc(Cl)c2F)CN(c2ncccc2F)C(=O)c2cnc(NC3CN(C(=O)[C@@H]4C[C@@H]4F)C3)nc21. The van der Waals surface area contributed by atoms with Gasteiger partial charge < -0.3 is 10.2 Å². The molecule has 3 aliphatic rings. The largest absolute Gasteiger partial charge is 0.348 e. The van der Waals surface area contributed by atoms with Crippen LogP contribution in [0.1, 0.15) is 35.0 Å². The number of nitrogens with zero attached hydrogens (tertiary/aromatic N) is 5. The molecule has 12 heteroatoms. The van der Waals surface area contributed by atoms with Gasteiger partial charge >= 0.3 is 0 Å². The van der Waals surface area contributed by atoms with Gasteiger partial charge in [-0.25, -0.2) is 28.1 Å². The second-order valence-electron chi connectivity index (χ2n) is 10.0. The number of likely N-dealkylation sites (tertiary alicyclic amines) is 1. The summed E-state index contributed by atoms with van der Waals surface area (Å²) in [6.45, 7) is 2.28. The molecule has 1 aromatic carbocycles. The molecule has 8 nitrogen and oxygen atoms in total. The van der Waals surface area contributed by atoms with Gasteiger partial charge in [-0.15, -0.1) is 0 Å². The fourth-order valence-corrected chi connectivity index (χ4v) is 5.29. The number of benzene rings is 1. The Bertz CT molecular complexity index is 1470. The van der Waals surface area contributed by atoms with Crippen molar-refractivity contribution >= 4 is 35.2 Å². The normalized spacial score (nSPS) is 24.6. The number of pyridine rings is 1. The number of fused-ring (bicyclic) bond motifs is 1. The molecule has 0 bridgehead atoms. The van der Waals surface area contributed by atoms with Gasteiger partial charge in [-0.1, -0.05) is 23.7 Å². The zero-order valence-electron chi connectivity index (χ0n) is 20.2. The zero-order valence-corrected chi connectivity index (χ0v) is 20.9. The van der Waals surface area contributed by atoms with E-state index in [9.17, 15) is 18.4 Å². The van der Waals surface area contributed by atoms with Crippen molar-refractivity contribution in [3.8, 4) is 0 Å². The van der Waals surface area contributed by atoms with Crippen molar-refractivity contribution < 1.29 is 22.8 Å². The van der Waals surface area contributed by atoms with Crippen LogP contribution >= 0.6 is 11.6 Å². The highest BCUT2D eigenvalue weighted by Gasteiger charge is 2.49. The topological polar surface area (TPSA) is 91.3 Å². The van der Waals surface area contributed by atoms with Gasteiger partial charge in [0.05, 0.1) is 33.7 Å². The van der Waals surface area contributed by atoms with Crippen molar-refractivity contribution in [2.24, 2.45) is 5.92 Å². The number of hydrogen-bond donors (Lipinski definition) is 1. The highest BCUT2D eigenvalue weighted by atomic mass is 35.5. The lowest BCUT2D eigenvalue weighted by atomic mass is 9.74. The van der Waals surface area contributed by atoms with Crippen molar-refractivity contribution in [2.45, 2.75) is 31.0 Å². The number of anilines is 2. The molecule has 38 heavy (non-hydrogen) atoms. The fraction of sp³-hybridized carbons (Fsp3) is 0.346. The Balaban J connectivity index is 1.35. The molecule has 1 saturated heterocycles. The highest BCUT2D eigenvalue weighted by molar-refractivity contribution is 6.30. The Kier molecular flexibility index (Phi) is 5.78. The maximum Gasteiger partial charge on any atom is 0.263 e. The predicted octanol–water partition coefficient (Wildman–Crippen LogP) is 3.75. The number of rotatable bonds is 5. The average molecular weight is 543 g/mol. The quantitative estimate of drug-likeness (QED) is 0.528. The molecular weight excluding hydrogens is 521 g/mol. The van der Waals surface area contributed by atoms with Crippen molar-refractivity contribution in [3.05, 3.63) is 76.2 Å². The number of halogens is 4. The maximum absolute atomic E-state index is 15.4. The van der Waals surface area contributed by atoms with Crippen LogP contribution in [-0.2, 0) is 10.2 Å². The van der Waals surface area contributed by atoms with Gasteiger partial charge in [0.1, 0.15) is 12.0 Å². The molecular formula is C26H22ClF3N6O2. The van der Waals surface area contributed by atoms with Gasteiger partial charge in [0.2, 0.25) is 11.9 Å². The van der Waals surface area contributed by atoms with Crippen molar-refractivity contribution in [1.29, 1.82) is 0 Å². The van der Waals surface area contributed by atoms with E-state index in [4.69, 9.17) is 11.6 Å². The Morgan fingerprint density at radius 3 is 2.66 bits per heavy atom. The van der Waals surface area contributed by atoms with E-state index < -0.39 is 35.0 Å². The first-order chi connectivity index (χ1) is 18.2. The summed E-state index contributed by atoms with van der Waals surface area (Å²) in [5.41, 5.74) is -0.748. The number of hydrogen-bond acceptors (Lipinski definition) is 6. The van der Waals surface area contributed by atoms with Gasteiger partial charge in [-0.05, 0) is 31.5 Å². The summed E-state index contributed by atoms with van der Waals surface area (Å²) in [5, 5.41) is 3.04. The predicted molar refractivity (Wildman–Crippen MR) is 133 cm³/mol. The van der Waals surface area contributed by atoms with Crippen molar-refractivity contribution in [1.82, 2.24) is 19.9 Å². The van der Waals surface area contributed by atoms with E-state index in [1.54, 1.807) is 24.0 Å². The Morgan fingerprint density at radius 2 is 1.95 bits per heavy atom. The minimum Gasteiger partial charge on any atom is -0.348 e. The van der Waals surface area contributed by atoms with E-state index in [1.165, 1.54) is 30.6 Å². The van der Waals surface area contributed by atoms with E-state index in [-0.39, 0.29) is 58.5 Å². The molecule has 0 spiro atoms. The molecule has 4 heterocycles. The van der Waals surface area contributed by atoms with Gasteiger partial charge in [-0.2, -0.15) is 0 Å². The third-order valence-corrected chi connectivity index (χ3v) is 7.65. The van der Waals surface area contributed by atoms with E-state index in [2.05, 4.69) is 20.3 Å². The summed E-state index contributed by atoms with van der Waals surface area (Å²) in [6.07, 6.45) is 1.90. The van der Waals surface area contributed by atoms with E-state index in [0.717, 1.165) is 4.90 Å². The average Bonchev–Trinajstić information content (AvgIpc) is 3.61. The minimum atomic E-state index is -1.24. The molecule has 0 radical (unpaired) electrons. The lowest BCUT2D eigenvalue weighted by Gasteiger charge is -2.41. The van der Waals surface area contributed by atoms with Crippen LogP contribution in [-0.4, -0.2) is 63.5 Å². The van der Waals surface area contributed by atoms with Gasteiger partial charge in [-0.3, -0.25) is 14.5 Å². The van der Waals surface area contributed by atoms with Gasteiger partial charge in [0.15, 0.2) is 11.6 Å². The second kappa shape index (κ2) is 8.93. The molecule has 0 unspecified atom stereocenters. The number of carbonyl (C=O) groups is 2. The van der Waals surface area contributed by atoms with Crippen LogP contribution in [0.3, 0.4) is 0 Å². The Hall–Kier alpha value is -3.73. The van der Waals surface area contributed by atoms with Crippen LogP contribution in [0.2, 0.25) is 5.02 Å². The van der Waals surface area contributed by atoms with Gasteiger partial charge in [0, 0.05) is 37.6 Å². The van der Waals surface area contributed by atoms with E-state index >= 15 is 4.39 Å². The first-order valence-corrected chi connectivity index (χ1v) is 12.5. The summed E-state index contributed by atoms with van der Waals surface area (Å²) < 4.78 is 43.3. The highest BCUT2D eigenvalue weighted by Crippen LogP contribution is 2.42. The standard InChI is InChI=1S/C26H22ClF3N6O2/c1-26(16-4-2-5-17(27)20(16)30)12-36(22-18(28)6-3-7-31-22)24(38)15-9-32-25(34-21(15)26)33-13-10-35(11-13)23(37)14-8-19(14)29/h2-7,9,13-14,19H,8,10-12H2,1H3,(H,32,33,34)/t14-,19+,26-/m1/s1. The molecule has 1 saturated carbocycles. The van der Waals surface area contributed by atoms with Gasteiger partial charge in [0.25, 0.3) is 5.91 Å². The molecule has 2 fully saturated rings. The zero-order chi connectivity index (χ0) is 26.8. The molecule has 3 atom stereocenters.